The molecule has 2 aromatic rings. The van der Waals surface area contributed by atoms with Crippen molar-refractivity contribution in [3.8, 4) is 17.2 Å². The van der Waals surface area contributed by atoms with Gasteiger partial charge in [0.1, 0.15) is 17.2 Å². The zero-order chi connectivity index (χ0) is 21.0. The van der Waals surface area contributed by atoms with E-state index in [9.17, 15) is 19.8 Å². The molecule has 6 aliphatic rings. The van der Waals surface area contributed by atoms with E-state index in [2.05, 4.69) is 0 Å². The molecule has 6 atom stereocenters. The SMILES string of the molecule is O=C1c2c(O)ccc3c2[C@]2(COC[C@@]4(O3)c3c2cc(Cl)c(O)c3C(=O)[C@H]2C[C@H]24)[C@@H]2C[C@H]12. The number of halogens is 1. The van der Waals surface area contributed by atoms with Crippen molar-refractivity contribution in [2.24, 2.45) is 23.7 Å². The van der Waals surface area contributed by atoms with Gasteiger partial charge in [-0.15, -0.1) is 0 Å². The maximum Gasteiger partial charge on any atom is 0.170 e. The third-order valence-corrected chi connectivity index (χ3v) is 8.95. The first-order chi connectivity index (χ1) is 14.9. The highest BCUT2D eigenvalue weighted by Crippen LogP contribution is 2.71. The second-order valence-electron chi connectivity index (χ2n) is 9.92. The Labute approximate surface area is 181 Å². The molecule has 31 heavy (non-hydrogen) atoms. The van der Waals surface area contributed by atoms with E-state index in [-0.39, 0.29) is 63.9 Å². The molecule has 156 valence electrons. The Morgan fingerprint density at radius 1 is 0.968 bits per heavy atom. The minimum Gasteiger partial charge on any atom is -0.507 e. The first kappa shape index (κ1) is 17.0. The molecule has 2 bridgehead atoms. The smallest absolute Gasteiger partial charge is 0.170 e. The van der Waals surface area contributed by atoms with Gasteiger partial charge in [0.25, 0.3) is 0 Å². The minimum atomic E-state index is -0.926. The molecule has 2 heterocycles. The summed E-state index contributed by atoms with van der Waals surface area (Å²) in [6, 6.07) is 4.99. The van der Waals surface area contributed by atoms with Crippen LogP contribution in [-0.2, 0) is 15.8 Å². The number of hydrogen-bond donors (Lipinski definition) is 2. The molecule has 2 aliphatic heterocycles. The van der Waals surface area contributed by atoms with Gasteiger partial charge in [0.05, 0.1) is 34.8 Å². The Morgan fingerprint density at radius 3 is 2.55 bits per heavy atom. The Kier molecular flexibility index (Phi) is 2.62. The average Bonchev–Trinajstić information content (AvgIpc) is 3.61. The Balaban J connectivity index is 1.61. The van der Waals surface area contributed by atoms with Crippen molar-refractivity contribution in [2.75, 3.05) is 13.2 Å². The average molecular weight is 437 g/mol. The number of hydrogen-bond acceptors (Lipinski definition) is 6. The molecule has 2 N–H and O–H groups in total. The van der Waals surface area contributed by atoms with Crippen LogP contribution in [-0.4, -0.2) is 35.0 Å². The van der Waals surface area contributed by atoms with Crippen LogP contribution in [0.4, 0.5) is 0 Å². The van der Waals surface area contributed by atoms with Crippen molar-refractivity contribution in [1.29, 1.82) is 0 Å². The maximum absolute atomic E-state index is 13.3. The number of aromatic hydroxyl groups is 2. The van der Waals surface area contributed by atoms with Crippen molar-refractivity contribution < 1.29 is 29.3 Å². The second kappa shape index (κ2) is 4.76. The third-order valence-electron chi connectivity index (χ3n) is 8.67. The fourth-order valence-electron chi connectivity index (χ4n) is 7.28. The number of carbonyl (C=O) groups excluding carboxylic acids is 2. The standard InChI is InChI=1S/C24H17ClO6/c25-13-5-12-18-17(22(13)29)21(28)9-4-11(9)24(18)7-30-6-23(12)10-3-8(10)20(27)16-14(26)1-2-15(31-24)19(16)23/h1-2,5,8-11,26,29H,3-4,6-7H2/t8-,9-,10+,11+,23+,24-/m0/s1. The normalized spacial score (nSPS) is 39.4. The molecule has 0 amide bonds. The summed E-state index contributed by atoms with van der Waals surface area (Å²) in [6.07, 6.45) is 1.33. The van der Waals surface area contributed by atoms with E-state index in [4.69, 9.17) is 21.1 Å². The molecule has 2 aromatic carbocycles. The Bertz CT molecular complexity index is 1320. The molecule has 0 aromatic heterocycles. The number of fused-ring (bicyclic) bond motifs is 2. The lowest BCUT2D eigenvalue weighted by Gasteiger charge is -2.40. The maximum atomic E-state index is 13.3. The van der Waals surface area contributed by atoms with Gasteiger partial charge >= 0.3 is 0 Å². The summed E-state index contributed by atoms with van der Waals surface area (Å²) in [5, 5.41) is 21.7. The number of phenols is 2. The van der Waals surface area contributed by atoms with Gasteiger partial charge in [-0.05, 0) is 42.5 Å². The summed E-state index contributed by atoms with van der Waals surface area (Å²) >= 11 is 6.49. The van der Waals surface area contributed by atoms with E-state index in [0.29, 0.717) is 41.9 Å². The predicted molar refractivity (Wildman–Crippen MR) is 107 cm³/mol. The van der Waals surface area contributed by atoms with Gasteiger partial charge < -0.3 is 19.7 Å². The van der Waals surface area contributed by atoms with Crippen molar-refractivity contribution in [3.05, 3.63) is 51.0 Å². The van der Waals surface area contributed by atoms with Gasteiger partial charge in [-0.1, -0.05) is 11.6 Å². The number of ether oxygens (including phenoxy) is 2. The van der Waals surface area contributed by atoms with Crippen molar-refractivity contribution >= 4 is 23.2 Å². The van der Waals surface area contributed by atoms with E-state index < -0.39 is 11.0 Å². The van der Waals surface area contributed by atoms with Gasteiger partial charge in [-0.25, -0.2) is 0 Å². The fraction of sp³-hybridized carbons (Fsp3) is 0.417. The first-order valence-corrected chi connectivity index (χ1v) is 11.1. The van der Waals surface area contributed by atoms with Crippen LogP contribution in [0.5, 0.6) is 17.2 Å². The number of phenolic OH excluding ortho intramolecular Hbond substituents is 2. The zero-order valence-corrected chi connectivity index (χ0v) is 17.0. The van der Waals surface area contributed by atoms with Gasteiger partial charge in [0, 0.05) is 28.9 Å². The van der Waals surface area contributed by atoms with E-state index in [1.165, 1.54) is 6.07 Å². The molecule has 0 unspecified atom stereocenters. The number of carbonyl (C=O) groups is 2. The molecule has 8 rings (SSSR count). The van der Waals surface area contributed by atoms with Crippen molar-refractivity contribution in [1.82, 2.24) is 0 Å². The first-order valence-electron chi connectivity index (χ1n) is 10.7. The van der Waals surface area contributed by atoms with Gasteiger partial charge in [-0.3, -0.25) is 9.59 Å². The highest BCUT2D eigenvalue weighted by atomic mass is 35.5. The molecule has 6 nitrogen and oxygen atoms in total. The summed E-state index contributed by atoms with van der Waals surface area (Å²) in [4.78, 5) is 26.5. The summed E-state index contributed by atoms with van der Waals surface area (Å²) in [7, 11) is 0. The largest absolute Gasteiger partial charge is 0.507 e. The Morgan fingerprint density at radius 2 is 1.71 bits per heavy atom. The number of benzene rings is 2. The third kappa shape index (κ3) is 1.60. The fourth-order valence-corrected chi connectivity index (χ4v) is 7.48. The quantitative estimate of drug-likeness (QED) is 0.658. The molecular formula is C24H17ClO6. The lowest BCUT2D eigenvalue weighted by molar-refractivity contribution is -0.0617. The molecular weight excluding hydrogens is 420 g/mol. The predicted octanol–water partition coefficient (Wildman–Crippen LogP) is 3.32. The summed E-state index contributed by atoms with van der Waals surface area (Å²) in [6.45, 7) is 0.584. The van der Waals surface area contributed by atoms with Gasteiger partial charge in [-0.2, -0.15) is 0 Å². The highest BCUT2D eigenvalue weighted by molar-refractivity contribution is 6.33. The van der Waals surface area contributed by atoms with E-state index >= 15 is 0 Å². The molecule has 0 saturated heterocycles. The summed E-state index contributed by atoms with van der Waals surface area (Å²) in [5.74, 6) is -0.379. The second-order valence-corrected chi connectivity index (χ2v) is 10.3. The Hall–Kier alpha value is -2.57. The van der Waals surface area contributed by atoms with Crippen molar-refractivity contribution in [3.63, 3.8) is 0 Å². The summed E-state index contributed by atoms with van der Waals surface area (Å²) < 4.78 is 13.0. The molecule has 4 aliphatic carbocycles. The molecule has 7 heteroatoms. The van der Waals surface area contributed by atoms with E-state index in [0.717, 1.165) is 5.56 Å². The van der Waals surface area contributed by atoms with Crippen LogP contribution in [0.15, 0.2) is 18.2 Å². The van der Waals surface area contributed by atoms with Crippen LogP contribution < -0.4 is 4.74 Å². The molecule has 2 saturated carbocycles. The van der Waals surface area contributed by atoms with Gasteiger partial charge in [0.15, 0.2) is 17.2 Å². The zero-order valence-electron chi connectivity index (χ0n) is 16.3. The monoisotopic (exact) mass is 436 g/mol. The number of Topliss-reactive ketones (excluding diaryl/α,β-unsaturated/α-hetero) is 2. The topological polar surface area (TPSA) is 93.1 Å². The summed E-state index contributed by atoms with van der Waals surface area (Å²) in [5.41, 5.74) is 1.00. The van der Waals surface area contributed by atoms with Crippen LogP contribution in [0.3, 0.4) is 0 Å². The lowest BCUT2D eigenvalue weighted by Crippen LogP contribution is -2.45. The van der Waals surface area contributed by atoms with Crippen LogP contribution >= 0.6 is 11.6 Å². The van der Waals surface area contributed by atoms with Crippen LogP contribution in [0, 0.1) is 23.7 Å². The van der Waals surface area contributed by atoms with Crippen LogP contribution in [0.2, 0.25) is 5.02 Å². The highest BCUT2D eigenvalue weighted by Gasteiger charge is 2.72. The molecule has 2 fully saturated rings. The lowest BCUT2D eigenvalue weighted by atomic mass is 9.62. The van der Waals surface area contributed by atoms with Crippen LogP contribution in [0.1, 0.15) is 50.2 Å². The van der Waals surface area contributed by atoms with Crippen LogP contribution in [0.25, 0.3) is 0 Å². The minimum absolute atomic E-state index is 0.0257. The number of ketones is 2. The molecule has 1 spiro atoms. The van der Waals surface area contributed by atoms with E-state index in [1.807, 2.05) is 0 Å². The van der Waals surface area contributed by atoms with Crippen molar-refractivity contribution in [2.45, 2.75) is 23.9 Å². The van der Waals surface area contributed by atoms with Gasteiger partial charge in [0.2, 0.25) is 0 Å². The molecule has 0 radical (unpaired) electrons. The van der Waals surface area contributed by atoms with E-state index in [1.54, 1.807) is 12.1 Å². The number of rotatable bonds is 0.